The SMILES string of the molecule is COc1ccc(CNC(=O)c2ccc(-c3ncccc3Cl)cn2)cc1OC. The normalized spacial score (nSPS) is 10.3. The fourth-order valence-electron chi connectivity index (χ4n) is 2.53. The van der Waals surface area contributed by atoms with Gasteiger partial charge in [-0.05, 0) is 42.0 Å². The minimum atomic E-state index is -0.275. The summed E-state index contributed by atoms with van der Waals surface area (Å²) in [6.45, 7) is 0.342. The van der Waals surface area contributed by atoms with E-state index in [9.17, 15) is 4.79 Å². The number of ether oxygens (including phenoxy) is 2. The lowest BCUT2D eigenvalue weighted by Crippen LogP contribution is -2.23. The smallest absolute Gasteiger partial charge is 0.270 e. The summed E-state index contributed by atoms with van der Waals surface area (Å²) in [4.78, 5) is 20.8. The van der Waals surface area contributed by atoms with E-state index < -0.39 is 0 Å². The maximum atomic E-state index is 12.3. The van der Waals surface area contributed by atoms with Crippen LogP contribution in [0.25, 0.3) is 11.3 Å². The molecule has 3 aromatic rings. The zero-order valence-corrected chi connectivity index (χ0v) is 15.7. The Bertz CT molecular complexity index is 945. The molecule has 0 aliphatic heterocycles. The lowest BCUT2D eigenvalue weighted by atomic mass is 10.1. The third-order valence-electron chi connectivity index (χ3n) is 3.93. The summed E-state index contributed by atoms with van der Waals surface area (Å²) in [7, 11) is 3.15. The van der Waals surface area contributed by atoms with Crippen LogP contribution < -0.4 is 14.8 Å². The molecular formula is C20H18ClN3O3. The number of methoxy groups -OCH3 is 2. The molecule has 0 atom stereocenters. The highest BCUT2D eigenvalue weighted by atomic mass is 35.5. The highest BCUT2D eigenvalue weighted by Gasteiger charge is 2.11. The van der Waals surface area contributed by atoms with Crippen LogP contribution >= 0.6 is 11.6 Å². The predicted molar refractivity (Wildman–Crippen MR) is 103 cm³/mol. The van der Waals surface area contributed by atoms with E-state index in [-0.39, 0.29) is 5.91 Å². The second-order valence-corrected chi connectivity index (χ2v) is 6.05. The van der Waals surface area contributed by atoms with Crippen molar-refractivity contribution in [2.45, 2.75) is 6.54 Å². The predicted octanol–water partition coefficient (Wildman–Crippen LogP) is 3.74. The zero-order valence-electron chi connectivity index (χ0n) is 14.9. The summed E-state index contributed by atoms with van der Waals surface area (Å²) >= 11 is 6.14. The number of nitrogens with one attached hydrogen (secondary N) is 1. The van der Waals surface area contributed by atoms with Gasteiger partial charge < -0.3 is 14.8 Å². The topological polar surface area (TPSA) is 73.3 Å². The molecular weight excluding hydrogens is 366 g/mol. The number of benzene rings is 1. The molecule has 0 aliphatic carbocycles. The lowest BCUT2D eigenvalue weighted by molar-refractivity contribution is 0.0946. The number of amides is 1. The summed E-state index contributed by atoms with van der Waals surface area (Å²) < 4.78 is 10.5. The molecule has 0 bridgehead atoms. The van der Waals surface area contributed by atoms with Crippen molar-refractivity contribution >= 4 is 17.5 Å². The van der Waals surface area contributed by atoms with E-state index in [1.54, 1.807) is 56.9 Å². The summed E-state index contributed by atoms with van der Waals surface area (Å²) in [5.41, 5.74) is 2.57. The molecule has 6 nitrogen and oxygen atoms in total. The fourth-order valence-corrected chi connectivity index (χ4v) is 2.76. The van der Waals surface area contributed by atoms with Crippen molar-refractivity contribution in [2.75, 3.05) is 14.2 Å². The Kier molecular flexibility index (Phi) is 5.88. The number of nitrogens with zero attached hydrogens (tertiary/aromatic N) is 2. The number of hydrogen-bond acceptors (Lipinski definition) is 5. The van der Waals surface area contributed by atoms with Gasteiger partial charge in [-0.25, -0.2) is 0 Å². The second kappa shape index (κ2) is 8.51. The number of halogens is 1. The molecule has 0 aliphatic rings. The second-order valence-electron chi connectivity index (χ2n) is 5.64. The van der Waals surface area contributed by atoms with E-state index in [1.807, 2.05) is 12.1 Å². The van der Waals surface area contributed by atoms with E-state index in [0.717, 1.165) is 11.1 Å². The van der Waals surface area contributed by atoms with Crippen molar-refractivity contribution in [3.63, 3.8) is 0 Å². The molecule has 2 heterocycles. The Morgan fingerprint density at radius 3 is 2.56 bits per heavy atom. The molecule has 0 saturated heterocycles. The van der Waals surface area contributed by atoms with Crippen LogP contribution in [0.5, 0.6) is 11.5 Å². The molecule has 138 valence electrons. The molecule has 0 spiro atoms. The first kappa shape index (κ1) is 18.7. The van der Waals surface area contributed by atoms with Crippen LogP contribution in [0.3, 0.4) is 0 Å². The van der Waals surface area contributed by atoms with Crippen LogP contribution in [-0.2, 0) is 6.54 Å². The molecule has 3 rings (SSSR count). The molecule has 1 aromatic carbocycles. The Morgan fingerprint density at radius 1 is 1.07 bits per heavy atom. The highest BCUT2D eigenvalue weighted by Crippen LogP contribution is 2.27. The third-order valence-corrected chi connectivity index (χ3v) is 4.23. The van der Waals surface area contributed by atoms with Crippen LogP contribution in [-0.4, -0.2) is 30.1 Å². The van der Waals surface area contributed by atoms with Gasteiger partial charge in [-0.2, -0.15) is 0 Å². The summed E-state index contributed by atoms with van der Waals surface area (Å²) in [5, 5.41) is 3.37. The first-order chi connectivity index (χ1) is 13.1. The highest BCUT2D eigenvalue weighted by molar-refractivity contribution is 6.33. The van der Waals surface area contributed by atoms with Crippen molar-refractivity contribution < 1.29 is 14.3 Å². The minimum Gasteiger partial charge on any atom is -0.493 e. The number of aromatic nitrogens is 2. The average molecular weight is 384 g/mol. The van der Waals surface area contributed by atoms with Gasteiger partial charge in [0, 0.05) is 24.5 Å². The van der Waals surface area contributed by atoms with Gasteiger partial charge >= 0.3 is 0 Å². The molecule has 7 heteroatoms. The molecule has 2 aromatic heterocycles. The van der Waals surface area contributed by atoms with E-state index in [1.165, 1.54) is 0 Å². The van der Waals surface area contributed by atoms with Crippen molar-refractivity contribution in [1.29, 1.82) is 0 Å². The first-order valence-corrected chi connectivity index (χ1v) is 8.56. The molecule has 1 amide bonds. The summed E-state index contributed by atoms with van der Waals surface area (Å²) in [6.07, 6.45) is 3.24. The quantitative estimate of drug-likeness (QED) is 0.701. The van der Waals surface area contributed by atoms with Crippen molar-refractivity contribution in [1.82, 2.24) is 15.3 Å². The van der Waals surface area contributed by atoms with Gasteiger partial charge in [0.1, 0.15) is 5.69 Å². The van der Waals surface area contributed by atoms with Gasteiger partial charge in [0.15, 0.2) is 11.5 Å². The number of hydrogen-bond donors (Lipinski definition) is 1. The van der Waals surface area contributed by atoms with Gasteiger partial charge in [0.2, 0.25) is 0 Å². The number of carbonyl (C=O) groups is 1. The molecule has 0 fully saturated rings. The van der Waals surface area contributed by atoms with Crippen LogP contribution in [0.4, 0.5) is 0 Å². The molecule has 0 unspecified atom stereocenters. The van der Waals surface area contributed by atoms with E-state index in [0.29, 0.717) is 34.5 Å². The van der Waals surface area contributed by atoms with Crippen molar-refractivity contribution in [3.8, 4) is 22.8 Å². The third kappa shape index (κ3) is 4.35. The van der Waals surface area contributed by atoms with Crippen LogP contribution in [0.15, 0.2) is 54.9 Å². The standard InChI is InChI=1S/C20H18ClN3O3/c1-26-17-8-5-13(10-18(17)27-2)11-24-20(25)16-7-6-14(12-23-16)19-15(21)4-3-9-22-19/h3-10,12H,11H2,1-2H3,(H,24,25). The molecule has 27 heavy (non-hydrogen) atoms. The Labute approximate surface area is 162 Å². The molecule has 0 radical (unpaired) electrons. The minimum absolute atomic E-state index is 0.275. The molecule has 1 N–H and O–H groups in total. The fraction of sp³-hybridized carbons (Fsp3) is 0.150. The van der Waals surface area contributed by atoms with E-state index in [2.05, 4.69) is 15.3 Å². The summed E-state index contributed by atoms with van der Waals surface area (Å²) in [5.74, 6) is 0.973. The number of pyridine rings is 2. The monoisotopic (exact) mass is 383 g/mol. The average Bonchev–Trinajstić information content (AvgIpc) is 2.72. The molecule has 0 saturated carbocycles. The van der Waals surface area contributed by atoms with Crippen molar-refractivity contribution in [3.05, 3.63) is 71.1 Å². The maximum Gasteiger partial charge on any atom is 0.270 e. The Morgan fingerprint density at radius 2 is 1.89 bits per heavy atom. The van der Waals surface area contributed by atoms with Crippen LogP contribution in [0.2, 0.25) is 5.02 Å². The van der Waals surface area contributed by atoms with Gasteiger partial charge in [-0.15, -0.1) is 0 Å². The lowest BCUT2D eigenvalue weighted by Gasteiger charge is -2.10. The maximum absolute atomic E-state index is 12.3. The van der Waals surface area contributed by atoms with Crippen molar-refractivity contribution in [2.24, 2.45) is 0 Å². The summed E-state index contributed by atoms with van der Waals surface area (Å²) in [6, 6.07) is 12.4. The van der Waals surface area contributed by atoms with Crippen LogP contribution in [0.1, 0.15) is 16.1 Å². The Hall–Kier alpha value is -3.12. The van der Waals surface area contributed by atoms with E-state index >= 15 is 0 Å². The van der Waals surface area contributed by atoms with Crippen LogP contribution in [0, 0.1) is 0 Å². The zero-order chi connectivity index (χ0) is 19.2. The van der Waals surface area contributed by atoms with Gasteiger partial charge in [0.25, 0.3) is 5.91 Å². The van der Waals surface area contributed by atoms with E-state index in [4.69, 9.17) is 21.1 Å². The van der Waals surface area contributed by atoms with Gasteiger partial charge in [-0.1, -0.05) is 17.7 Å². The number of rotatable bonds is 6. The first-order valence-electron chi connectivity index (χ1n) is 8.18. The Balaban J connectivity index is 1.67. The number of carbonyl (C=O) groups excluding carboxylic acids is 1. The largest absolute Gasteiger partial charge is 0.493 e. The van der Waals surface area contributed by atoms with Gasteiger partial charge in [0.05, 0.1) is 24.9 Å². The van der Waals surface area contributed by atoms with Gasteiger partial charge in [-0.3, -0.25) is 14.8 Å².